The summed E-state index contributed by atoms with van der Waals surface area (Å²) < 4.78 is 4.43. The minimum Gasteiger partial charge on any atom is -0.450 e. The first-order valence-corrected chi connectivity index (χ1v) is 5.27. The van der Waals surface area contributed by atoms with Crippen LogP contribution in [0.25, 0.3) is 0 Å². The Kier molecular flexibility index (Phi) is 18.4. The molecular formula is C9H19N3O6Y. The first-order chi connectivity index (χ1) is 8.25. The molecule has 0 aromatic carbocycles. The molecule has 0 fully saturated rings. The molecule has 0 aromatic rings. The Bertz CT molecular complexity index is 273. The summed E-state index contributed by atoms with van der Waals surface area (Å²) in [5, 5.41) is 28.9. The van der Waals surface area contributed by atoms with Gasteiger partial charge in [-0.25, -0.2) is 4.79 Å². The van der Waals surface area contributed by atoms with E-state index in [1.54, 1.807) is 0 Å². The molecule has 19 heavy (non-hydrogen) atoms. The normalized spacial score (nSPS) is 10.2. The van der Waals surface area contributed by atoms with Gasteiger partial charge >= 0.3 is 6.16 Å². The quantitative estimate of drug-likeness (QED) is 0.134. The molecule has 0 aliphatic heterocycles. The molecular weight excluding hydrogens is 335 g/mol. The predicted octanol–water partition coefficient (Wildman–Crippen LogP) is 1.46. The molecule has 10 heteroatoms. The zero-order chi connectivity index (χ0) is 14.6. The van der Waals surface area contributed by atoms with Crippen molar-refractivity contribution in [3.63, 3.8) is 0 Å². The van der Waals surface area contributed by atoms with Crippen molar-refractivity contribution in [2.75, 3.05) is 6.61 Å². The van der Waals surface area contributed by atoms with Crippen LogP contribution in [0.2, 0.25) is 0 Å². The van der Waals surface area contributed by atoms with Gasteiger partial charge in [-0.1, -0.05) is 13.3 Å². The number of carbonyl (C=O) groups is 1. The molecule has 5 N–H and O–H groups in total. The minimum atomic E-state index is -1.50. The minimum absolute atomic E-state index is 0. The standard InChI is InChI=1S/C9H18N2O3.HNO3.Y/c1-7(6-14-9(12)13)4-2-3-5-8(10)11;2-1(3)4;/h7H,2-6H2,1H3,(H3,10,11)(H,12,13);(H,2,3,4);. The van der Waals surface area contributed by atoms with E-state index in [4.69, 9.17) is 31.6 Å². The van der Waals surface area contributed by atoms with E-state index in [1.165, 1.54) is 0 Å². The maximum Gasteiger partial charge on any atom is 0.505 e. The third-order valence-electron chi connectivity index (χ3n) is 1.88. The maximum absolute atomic E-state index is 10.1. The van der Waals surface area contributed by atoms with E-state index < -0.39 is 11.2 Å². The summed E-state index contributed by atoms with van der Waals surface area (Å²) >= 11 is 0. The molecule has 1 radical (unpaired) electrons. The van der Waals surface area contributed by atoms with Crippen LogP contribution in [0.4, 0.5) is 4.79 Å². The topological polar surface area (TPSA) is 160 Å². The zero-order valence-electron chi connectivity index (χ0n) is 10.7. The van der Waals surface area contributed by atoms with E-state index in [-0.39, 0.29) is 51.1 Å². The number of nitrogens with one attached hydrogen (secondary N) is 1. The van der Waals surface area contributed by atoms with Gasteiger partial charge in [-0.05, 0) is 18.8 Å². The number of nitrogens with two attached hydrogens (primary N) is 1. The van der Waals surface area contributed by atoms with Crippen molar-refractivity contribution < 1.29 is 57.6 Å². The summed E-state index contributed by atoms with van der Waals surface area (Å²) in [6, 6.07) is 0. The van der Waals surface area contributed by atoms with Gasteiger partial charge in [0.2, 0.25) is 0 Å². The molecule has 0 bridgehead atoms. The van der Waals surface area contributed by atoms with Gasteiger partial charge in [-0.2, -0.15) is 0 Å². The van der Waals surface area contributed by atoms with Gasteiger partial charge in [-0.15, -0.1) is 10.1 Å². The third kappa shape index (κ3) is 31.6. The van der Waals surface area contributed by atoms with E-state index >= 15 is 0 Å². The van der Waals surface area contributed by atoms with Crippen molar-refractivity contribution in [3.8, 4) is 0 Å². The summed E-state index contributed by atoms with van der Waals surface area (Å²) in [7, 11) is 0. The Labute approximate surface area is 136 Å². The Hall–Kier alpha value is -0.956. The fourth-order valence-electron chi connectivity index (χ4n) is 1.11. The summed E-state index contributed by atoms with van der Waals surface area (Å²) in [6.07, 6.45) is 2.13. The van der Waals surface area contributed by atoms with E-state index in [0.717, 1.165) is 19.3 Å². The molecule has 0 rings (SSSR count). The van der Waals surface area contributed by atoms with Gasteiger partial charge in [0.25, 0.3) is 5.09 Å². The molecule has 0 amide bonds. The molecule has 109 valence electrons. The van der Waals surface area contributed by atoms with Crippen LogP contribution in [0.15, 0.2) is 0 Å². The summed E-state index contributed by atoms with van der Waals surface area (Å²) in [5.74, 6) is 0.442. The van der Waals surface area contributed by atoms with Gasteiger partial charge < -0.3 is 20.8 Å². The number of nitrogens with zero attached hydrogens (tertiary/aromatic N) is 1. The summed E-state index contributed by atoms with van der Waals surface area (Å²) in [4.78, 5) is 18.4. The number of rotatable bonds is 7. The average molecular weight is 354 g/mol. The fraction of sp³-hybridized carbons (Fsp3) is 0.778. The zero-order valence-corrected chi connectivity index (χ0v) is 13.6. The van der Waals surface area contributed by atoms with Crippen LogP contribution in [0.3, 0.4) is 0 Å². The van der Waals surface area contributed by atoms with Crippen molar-refractivity contribution in [1.29, 1.82) is 5.41 Å². The second-order valence-corrected chi connectivity index (χ2v) is 3.69. The predicted molar refractivity (Wildman–Crippen MR) is 62.3 cm³/mol. The number of hydrogen-bond acceptors (Lipinski definition) is 5. The van der Waals surface area contributed by atoms with Crippen LogP contribution in [0, 0.1) is 21.4 Å². The number of amidine groups is 1. The molecule has 0 saturated heterocycles. The molecule has 0 aliphatic rings. The summed E-state index contributed by atoms with van der Waals surface area (Å²) in [6.45, 7) is 2.19. The second kappa shape index (κ2) is 15.1. The number of hydrogen-bond donors (Lipinski definition) is 4. The average Bonchev–Trinajstić information content (AvgIpc) is 2.20. The Balaban J connectivity index is -0.000000448. The van der Waals surface area contributed by atoms with E-state index in [0.29, 0.717) is 6.42 Å². The molecule has 0 heterocycles. The van der Waals surface area contributed by atoms with Crippen LogP contribution in [-0.4, -0.2) is 34.0 Å². The number of carboxylic acid groups (broad SMARTS) is 1. The van der Waals surface area contributed by atoms with Crippen LogP contribution >= 0.6 is 0 Å². The SMILES string of the molecule is CC(CCCCC(=N)N)COC(=O)O.O=[N+]([O-])O.[Y]. The Morgan fingerprint density at radius 1 is 1.53 bits per heavy atom. The molecule has 1 atom stereocenters. The Morgan fingerprint density at radius 3 is 2.37 bits per heavy atom. The number of unbranched alkanes of at least 4 members (excludes halogenated alkanes) is 1. The molecule has 0 aromatic heterocycles. The van der Waals surface area contributed by atoms with Gasteiger partial charge in [0.15, 0.2) is 0 Å². The number of ether oxygens (including phenoxy) is 1. The fourth-order valence-corrected chi connectivity index (χ4v) is 1.11. The molecule has 0 aliphatic carbocycles. The maximum atomic E-state index is 10.1. The van der Waals surface area contributed by atoms with Gasteiger partial charge in [0.05, 0.1) is 12.4 Å². The monoisotopic (exact) mass is 354 g/mol. The van der Waals surface area contributed by atoms with E-state index in [1.807, 2.05) is 6.92 Å². The molecule has 1 unspecified atom stereocenters. The van der Waals surface area contributed by atoms with Crippen molar-refractivity contribution in [3.05, 3.63) is 10.1 Å². The molecule has 9 nitrogen and oxygen atoms in total. The van der Waals surface area contributed by atoms with Crippen LogP contribution in [0.5, 0.6) is 0 Å². The Morgan fingerprint density at radius 2 is 2.00 bits per heavy atom. The molecule has 0 saturated carbocycles. The van der Waals surface area contributed by atoms with Crippen molar-refractivity contribution in [2.24, 2.45) is 11.7 Å². The molecule has 0 spiro atoms. The van der Waals surface area contributed by atoms with Crippen LogP contribution < -0.4 is 5.73 Å². The van der Waals surface area contributed by atoms with Gasteiger partial charge in [0, 0.05) is 39.1 Å². The summed E-state index contributed by atoms with van der Waals surface area (Å²) in [5.41, 5.74) is 5.19. The van der Waals surface area contributed by atoms with E-state index in [9.17, 15) is 4.79 Å². The second-order valence-electron chi connectivity index (χ2n) is 3.69. The third-order valence-corrected chi connectivity index (χ3v) is 1.88. The largest absolute Gasteiger partial charge is 0.505 e. The van der Waals surface area contributed by atoms with Crippen molar-refractivity contribution in [1.82, 2.24) is 0 Å². The van der Waals surface area contributed by atoms with Crippen molar-refractivity contribution in [2.45, 2.75) is 32.6 Å². The smallest absolute Gasteiger partial charge is 0.450 e. The first kappa shape index (κ1) is 23.2. The van der Waals surface area contributed by atoms with Crippen molar-refractivity contribution >= 4 is 12.0 Å². The van der Waals surface area contributed by atoms with Gasteiger partial charge in [0.1, 0.15) is 0 Å². The van der Waals surface area contributed by atoms with Crippen LogP contribution in [0.1, 0.15) is 32.6 Å². The van der Waals surface area contributed by atoms with Crippen LogP contribution in [-0.2, 0) is 37.4 Å². The van der Waals surface area contributed by atoms with Gasteiger partial charge in [-0.3, -0.25) is 5.41 Å². The van der Waals surface area contributed by atoms with E-state index in [2.05, 4.69) is 4.74 Å². The first-order valence-electron chi connectivity index (χ1n) is 5.27.